The van der Waals surface area contributed by atoms with Crippen LogP contribution in [0.15, 0.2) is 40.9 Å². The molecule has 0 aliphatic heterocycles. The molecule has 5 nitrogen and oxygen atoms in total. The van der Waals surface area contributed by atoms with Crippen molar-refractivity contribution in [1.29, 1.82) is 0 Å². The maximum atomic E-state index is 12.3. The maximum Gasteiger partial charge on any atom is 0.318 e. The fourth-order valence-corrected chi connectivity index (χ4v) is 2.00. The van der Waals surface area contributed by atoms with Crippen molar-refractivity contribution in [2.75, 3.05) is 0 Å². The largest absolute Gasteiger partial charge is 0.464 e. The van der Waals surface area contributed by atoms with Gasteiger partial charge in [-0.05, 0) is 45.0 Å². The van der Waals surface area contributed by atoms with E-state index in [0.717, 1.165) is 17.2 Å². The second-order valence-electron chi connectivity index (χ2n) is 5.21. The second-order valence-corrected chi connectivity index (χ2v) is 5.21. The van der Waals surface area contributed by atoms with Gasteiger partial charge in [-0.25, -0.2) is 4.79 Å². The zero-order valence-electron chi connectivity index (χ0n) is 12.7. The van der Waals surface area contributed by atoms with E-state index in [2.05, 4.69) is 10.3 Å². The molecule has 0 radical (unpaired) electrons. The molecule has 2 aromatic heterocycles. The molecule has 2 rings (SSSR count). The molecule has 1 N–H and O–H groups in total. The van der Waals surface area contributed by atoms with Gasteiger partial charge in [-0.3, -0.25) is 4.98 Å². The van der Waals surface area contributed by atoms with Crippen LogP contribution >= 0.6 is 0 Å². The Labute approximate surface area is 125 Å². The summed E-state index contributed by atoms with van der Waals surface area (Å²) in [6, 6.07) is 9.40. The second kappa shape index (κ2) is 6.92. The van der Waals surface area contributed by atoms with Crippen LogP contribution in [0.4, 0.5) is 4.79 Å². The Morgan fingerprint density at radius 3 is 2.71 bits per heavy atom. The highest BCUT2D eigenvalue weighted by atomic mass is 16.3. The average molecular weight is 287 g/mol. The van der Waals surface area contributed by atoms with E-state index in [1.54, 1.807) is 11.1 Å². The van der Waals surface area contributed by atoms with E-state index in [9.17, 15) is 4.79 Å². The molecule has 2 amide bonds. The van der Waals surface area contributed by atoms with Crippen LogP contribution in [0, 0.1) is 6.92 Å². The molecule has 2 heterocycles. The van der Waals surface area contributed by atoms with Gasteiger partial charge in [0.25, 0.3) is 0 Å². The number of furan rings is 1. The number of urea groups is 1. The Morgan fingerprint density at radius 1 is 1.33 bits per heavy atom. The molecule has 21 heavy (non-hydrogen) atoms. The SMILES string of the molecule is Cc1ccc(CN(C(=O)NCc2ccccn2)C(C)C)o1. The molecule has 0 saturated heterocycles. The van der Waals surface area contributed by atoms with E-state index in [0.29, 0.717) is 13.1 Å². The number of aryl methyl sites for hydroxylation is 1. The maximum absolute atomic E-state index is 12.3. The Morgan fingerprint density at radius 2 is 2.14 bits per heavy atom. The Balaban J connectivity index is 1.96. The summed E-state index contributed by atoms with van der Waals surface area (Å²) in [6.45, 7) is 6.73. The molecule has 2 aromatic rings. The summed E-state index contributed by atoms with van der Waals surface area (Å²) in [7, 11) is 0. The third kappa shape index (κ3) is 4.34. The zero-order valence-corrected chi connectivity index (χ0v) is 12.7. The highest BCUT2D eigenvalue weighted by Gasteiger charge is 2.18. The molecular formula is C16H21N3O2. The molecule has 0 spiro atoms. The first-order chi connectivity index (χ1) is 10.1. The average Bonchev–Trinajstić information content (AvgIpc) is 2.88. The van der Waals surface area contributed by atoms with Crippen LogP contribution in [-0.4, -0.2) is 22.0 Å². The van der Waals surface area contributed by atoms with Crippen molar-refractivity contribution in [3.63, 3.8) is 0 Å². The Kier molecular flexibility index (Phi) is 4.98. The number of nitrogens with zero attached hydrogens (tertiary/aromatic N) is 2. The number of aromatic nitrogens is 1. The molecular weight excluding hydrogens is 266 g/mol. The molecule has 0 fully saturated rings. The van der Waals surface area contributed by atoms with Gasteiger partial charge in [0.1, 0.15) is 11.5 Å². The van der Waals surface area contributed by atoms with Gasteiger partial charge in [-0.15, -0.1) is 0 Å². The van der Waals surface area contributed by atoms with Crippen molar-refractivity contribution in [3.05, 3.63) is 53.7 Å². The Hall–Kier alpha value is -2.30. The molecule has 0 aliphatic rings. The molecule has 5 heteroatoms. The monoisotopic (exact) mass is 287 g/mol. The van der Waals surface area contributed by atoms with E-state index in [4.69, 9.17) is 4.42 Å². The van der Waals surface area contributed by atoms with Gasteiger partial charge in [-0.2, -0.15) is 0 Å². The minimum atomic E-state index is -0.121. The number of carbonyl (C=O) groups is 1. The van der Waals surface area contributed by atoms with Crippen molar-refractivity contribution in [3.8, 4) is 0 Å². The lowest BCUT2D eigenvalue weighted by atomic mass is 10.3. The third-order valence-corrected chi connectivity index (χ3v) is 3.15. The number of amides is 2. The molecule has 0 unspecified atom stereocenters. The summed E-state index contributed by atoms with van der Waals surface area (Å²) < 4.78 is 5.54. The first-order valence-electron chi connectivity index (χ1n) is 7.06. The topological polar surface area (TPSA) is 58.4 Å². The van der Waals surface area contributed by atoms with Crippen LogP contribution in [-0.2, 0) is 13.1 Å². The summed E-state index contributed by atoms with van der Waals surface area (Å²) in [6.07, 6.45) is 1.72. The number of hydrogen-bond acceptors (Lipinski definition) is 3. The third-order valence-electron chi connectivity index (χ3n) is 3.15. The highest BCUT2D eigenvalue weighted by molar-refractivity contribution is 5.74. The van der Waals surface area contributed by atoms with Crippen LogP contribution < -0.4 is 5.32 Å². The molecule has 0 saturated carbocycles. The smallest absolute Gasteiger partial charge is 0.318 e. The normalized spacial score (nSPS) is 10.7. The van der Waals surface area contributed by atoms with Gasteiger partial charge in [-0.1, -0.05) is 6.07 Å². The summed E-state index contributed by atoms with van der Waals surface area (Å²) in [4.78, 5) is 18.2. The van der Waals surface area contributed by atoms with Crippen molar-refractivity contribution < 1.29 is 9.21 Å². The molecule has 112 valence electrons. The lowest BCUT2D eigenvalue weighted by molar-refractivity contribution is 0.173. The van der Waals surface area contributed by atoms with E-state index in [-0.39, 0.29) is 12.1 Å². The number of hydrogen-bond donors (Lipinski definition) is 1. The van der Waals surface area contributed by atoms with E-state index in [1.165, 1.54) is 0 Å². The summed E-state index contributed by atoms with van der Waals surface area (Å²) in [5.41, 5.74) is 0.836. The van der Waals surface area contributed by atoms with Gasteiger partial charge in [0, 0.05) is 12.2 Å². The van der Waals surface area contributed by atoms with Crippen LogP contribution in [0.5, 0.6) is 0 Å². The van der Waals surface area contributed by atoms with Crippen molar-refractivity contribution in [2.45, 2.75) is 39.9 Å². The number of nitrogens with one attached hydrogen (secondary N) is 1. The fourth-order valence-electron chi connectivity index (χ4n) is 2.00. The van der Waals surface area contributed by atoms with E-state index in [1.807, 2.05) is 51.1 Å². The van der Waals surface area contributed by atoms with Crippen LogP contribution in [0.25, 0.3) is 0 Å². The predicted octanol–water partition coefficient (Wildman–Crippen LogP) is 3.10. The van der Waals surface area contributed by atoms with Crippen LogP contribution in [0.3, 0.4) is 0 Å². The van der Waals surface area contributed by atoms with E-state index >= 15 is 0 Å². The number of carbonyl (C=O) groups excluding carboxylic acids is 1. The van der Waals surface area contributed by atoms with Crippen LogP contribution in [0.1, 0.15) is 31.1 Å². The van der Waals surface area contributed by atoms with Crippen molar-refractivity contribution in [1.82, 2.24) is 15.2 Å². The number of pyridine rings is 1. The standard InChI is InChI=1S/C16H21N3O2/c1-12(2)19(11-15-8-7-13(3)21-15)16(20)18-10-14-6-4-5-9-17-14/h4-9,12H,10-11H2,1-3H3,(H,18,20). The minimum Gasteiger partial charge on any atom is -0.464 e. The lowest BCUT2D eigenvalue weighted by Gasteiger charge is -2.26. The summed E-state index contributed by atoms with van der Waals surface area (Å²) in [5.74, 6) is 1.64. The minimum absolute atomic E-state index is 0.0825. The summed E-state index contributed by atoms with van der Waals surface area (Å²) in [5, 5.41) is 2.89. The fraction of sp³-hybridized carbons (Fsp3) is 0.375. The van der Waals surface area contributed by atoms with Crippen molar-refractivity contribution in [2.24, 2.45) is 0 Å². The first-order valence-corrected chi connectivity index (χ1v) is 7.06. The molecule has 0 bridgehead atoms. The van der Waals surface area contributed by atoms with Gasteiger partial charge >= 0.3 is 6.03 Å². The Bertz CT molecular complexity index is 578. The molecule has 0 aliphatic carbocycles. The van der Waals surface area contributed by atoms with Gasteiger partial charge < -0.3 is 14.6 Å². The first kappa shape index (κ1) is 15.1. The summed E-state index contributed by atoms with van der Waals surface area (Å²) >= 11 is 0. The van der Waals surface area contributed by atoms with Gasteiger partial charge in [0.15, 0.2) is 0 Å². The predicted molar refractivity (Wildman–Crippen MR) is 80.6 cm³/mol. The van der Waals surface area contributed by atoms with Crippen molar-refractivity contribution >= 4 is 6.03 Å². The van der Waals surface area contributed by atoms with E-state index < -0.39 is 0 Å². The zero-order chi connectivity index (χ0) is 15.2. The molecule has 0 atom stereocenters. The highest BCUT2D eigenvalue weighted by Crippen LogP contribution is 2.12. The quantitative estimate of drug-likeness (QED) is 0.919. The van der Waals surface area contributed by atoms with Crippen LogP contribution in [0.2, 0.25) is 0 Å². The molecule has 0 aromatic carbocycles. The van der Waals surface area contributed by atoms with Gasteiger partial charge in [0.05, 0.1) is 18.8 Å². The van der Waals surface area contributed by atoms with Gasteiger partial charge in [0.2, 0.25) is 0 Å². The lowest BCUT2D eigenvalue weighted by Crippen LogP contribution is -2.43. The number of rotatable bonds is 5.